The zero-order valence-electron chi connectivity index (χ0n) is 18.8. The van der Waals surface area contributed by atoms with Crippen molar-refractivity contribution < 1.29 is 18.8 Å². The summed E-state index contributed by atoms with van der Waals surface area (Å²) in [7, 11) is 2.07. The van der Waals surface area contributed by atoms with Gasteiger partial charge in [0.05, 0.1) is 5.69 Å². The van der Waals surface area contributed by atoms with E-state index in [0.717, 1.165) is 39.8 Å². The maximum Gasteiger partial charge on any atom is 0.335 e. The number of hydrogen-bond donors (Lipinski definition) is 1. The zero-order valence-corrected chi connectivity index (χ0v) is 18.8. The highest BCUT2D eigenvalue weighted by Crippen LogP contribution is 2.43. The molecule has 32 heavy (non-hydrogen) atoms. The van der Waals surface area contributed by atoms with Crippen LogP contribution >= 0.6 is 0 Å². The average Bonchev–Trinajstić information content (AvgIpc) is 2.69. The summed E-state index contributed by atoms with van der Waals surface area (Å²) < 4.78 is 13.7. The van der Waals surface area contributed by atoms with Gasteiger partial charge in [0.25, 0.3) is 11.8 Å². The maximum absolute atomic E-state index is 13.7. The molecule has 1 fully saturated rings. The lowest BCUT2D eigenvalue weighted by Crippen LogP contribution is -2.54. The topological polar surface area (TPSA) is 69.7 Å². The van der Waals surface area contributed by atoms with E-state index in [1.807, 2.05) is 13.0 Å². The molecule has 1 N–H and O–H groups in total. The maximum atomic E-state index is 13.7. The first kappa shape index (κ1) is 21.7. The lowest BCUT2D eigenvalue weighted by Gasteiger charge is -2.45. The number of nitrogens with zero attached hydrogens (tertiary/aromatic N) is 2. The monoisotopic (exact) mass is 435 g/mol. The summed E-state index contributed by atoms with van der Waals surface area (Å²) in [5, 5.41) is 2.18. The van der Waals surface area contributed by atoms with E-state index < -0.39 is 23.7 Å². The van der Waals surface area contributed by atoms with Gasteiger partial charge in [0.1, 0.15) is 11.4 Å². The van der Waals surface area contributed by atoms with Crippen LogP contribution in [-0.4, -0.2) is 30.4 Å². The SMILES string of the molecule is Cc1cc2c(cc1/C=C1\C(=O)NC(=O)N(c3cccc(F)c3)C1=O)C(C)CC(C)(C)N2C. The number of urea groups is 1. The van der Waals surface area contributed by atoms with Gasteiger partial charge in [-0.3, -0.25) is 14.9 Å². The van der Waals surface area contributed by atoms with Crippen molar-refractivity contribution in [1.29, 1.82) is 0 Å². The predicted octanol–water partition coefficient (Wildman–Crippen LogP) is 4.52. The van der Waals surface area contributed by atoms with Gasteiger partial charge in [-0.05, 0) is 86.2 Å². The van der Waals surface area contributed by atoms with Crippen LogP contribution in [0.25, 0.3) is 6.08 Å². The summed E-state index contributed by atoms with van der Waals surface area (Å²) in [5.74, 6) is -1.84. The Bertz CT molecular complexity index is 1180. The van der Waals surface area contributed by atoms with Gasteiger partial charge in [-0.15, -0.1) is 0 Å². The molecule has 1 atom stereocenters. The quantitative estimate of drug-likeness (QED) is 0.556. The van der Waals surface area contributed by atoms with E-state index >= 15 is 0 Å². The summed E-state index contributed by atoms with van der Waals surface area (Å²) in [4.78, 5) is 41.0. The Hall–Kier alpha value is -3.48. The van der Waals surface area contributed by atoms with E-state index in [4.69, 9.17) is 0 Å². The predicted molar refractivity (Wildman–Crippen MR) is 122 cm³/mol. The summed E-state index contributed by atoms with van der Waals surface area (Å²) in [6, 6.07) is 8.32. The minimum atomic E-state index is -0.901. The van der Waals surface area contributed by atoms with Crippen molar-refractivity contribution in [2.24, 2.45) is 0 Å². The number of nitrogens with one attached hydrogen (secondary N) is 1. The molecule has 7 heteroatoms. The molecule has 4 rings (SSSR count). The summed E-state index contributed by atoms with van der Waals surface area (Å²) >= 11 is 0. The number of aryl methyl sites for hydroxylation is 1. The number of halogens is 1. The van der Waals surface area contributed by atoms with E-state index in [-0.39, 0.29) is 16.8 Å². The van der Waals surface area contributed by atoms with Crippen LogP contribution in [0, 0.1) is 12.7 Å². The van der Waals surface area contributed by atoms with Crippen molar-refractivity contribution in [1.82, 2.24) is 5.32 Å². The van der Waals surface area contributed by atoms with Gasteiger partial charge in [-0.25, -0.2) is 14.1 Å². The number of anilines is 2. The van der Waals surface area contributed by atoms with Crippen molar-refractivity contribution in [3.05, 3.63) is 64.5 Å². The summed E-state index contributed by atoms with van der Waals surface area (Å²) in [5.41, 5.74) is 3.82. The fourth-order valence-electron chi connectivity index (χ4n) is 4.55. The first-order chi connectivity index (χ1) is 15.0. The van der Waals surface area contributed by atoms with E-state index in [2.05, 4.69) is 44.1 Å². The molecule has 2 aromatic carbocycles. The normalized spacial score (nSPS) is 21.6. The fraction of sp³-hybridized carbons (Fsp3) is 0.320. The van der Waals surface area contributed by atoms with Crippen molar-refractivity contribution in [2.45, 2.75) is 45.6 Å². The third-order valence-corrected chi connectivity index (χ3v) is 6.49. The molecular weight excluding hydrogens is 409 g/mol. The molecule has 1 unspecified atom stereocenters. The molecule has 2 aliphatic heterocycles. The average molecular weight is 435 g/mol. The molecule has 0 radical (unpaired) electrons. The van der Waals surface area contributed by atoms with Crippen molar-refractivity contribution in [3.63, 3.8) is 0 Å². The molecule has 0 aromatic heterocycles. The minimum Gasteiger partial charge on any atom is -0.369 e. The Labute approximate surface area is 186 Å². The lowest BCUT2D eigenvalue weighted by atomic mass is 9.79. The summed E-state index contributed by atoms with van der Waals surface area (Å²) in [6.45, 7) is 8.51. The Morgan fingerprint density at radius 3 is 2.56 bits per heavy atom. The molecule has 4 amide bonds. The highest BCUT2D eigenvalue weighted by atomic mass is 19.1. The molecule has 0 saturated carbocycles. The van der Waals surface area contributed by atoms with Gasteiger partial charge in [0, 0.05) is 18.3 Å². The molecule has 0 bridgehead atoms. The Morgan fingerprint density at radius 1 is 1.16 bits per heavy atom. The summed E-state index contributed by atoms with van der Waals surface area (Å²) in [6.07, 6.45) is 2.48. The van der Waals surface area contributed by atoms with Crippen LogP contribution in [0.2, 0.25) is 0 Å². The Balaban J connectivity index is 1.78. The zero-order chi connectivity index (χ0) is 23.4. The Kier molecular flexibility index (Phi) is 5.15. The highest BCUT2D eigenvalue weighted by molar-refractivity contribution is 6.39. The van der Waals surface area contributed by atoms with Crippen LogP contribution in [0.4, 0.5) is 20.6 Å². The van der Waals surface area contributed by atoms with Crippen LogP contribution in [0.5, 0.6) is 0 Å². The number of benzene rings is 2. The molecule has 2 aliphatic rings. The molecule has 2 aromatic rings. The van der Waals surface area contributed by atoms with Crippen molar-refractivity contribution in [3.8, 4) is 0 Å². The van der Waals surface area contributed by atoms with Crippen LogP contribution in [0.15, 0.2) is 42.0 Å². The molecule has 1 saturated heterocycles. The van der Waals surface area contributed by atoms with Gasteiger partial charge in [0.15, 0.2) is 0 Å². The lowest BCUT2D eigenvalue weighted by molar-refractivity contribution is -0.122. The number of carbonyl (C=O) groups is 3. The second-order valence-corrected chi connectivity index (χ2v) is 9.18. The molecule has 2 heterocycles. The van der Waals surface area contributed by atoms with Gasteiger partial charge in [0.2, 0.25) is 0 Å². The number of imide groups is 2. The van der Waals surface area contributed by atoms with E-state index in [9.17, 15) is 18.8 Å². The second kappa shape index (κ2) is 7.58. The molecule has 166 valence electrons. The standard InChI is InChI=1S/C25H26FN3O3/c1-14-9-21-19(15(2)13-25(3,4)28(21)5)10-16(14)11-20-22(30)27-24(32)29(23(20)31)18-8-6-7-17(26)12-18/h6-12,15H,13H2,1-5H3,(H,27,30,32)/b20-11+. The molecule has 6 nitrogen and oxygen atoms in total. The first-order valence-electron chi connectivity index (χ1n) is 10.5. The molecule has 0 aliphatic carbocycles. The van der Waals surface area contributed by atoms with Crippen LogP contribution in [0.3, 0.4) is 0 Å². The first-order valence-corrected chi connectivity index (χ1v) is 10.5. The highest BCUT2D eigenvalue weighted by Gasteiger charge is 2.38. The van der Waals surface area contributed by atoms with Crippen molar-refractivity contribution in [2.75, 3.05) is 16.8 Å². The molecular formula is C25H26FN3O3. The third-order valence-electron chi connectivity index (χ3n) is 6.49. The number of carbonyl (C=O) groups excluding carboxylic acids is 3. The Morgan fingerprint density at radius 2 is 1.88 bits per heavy atom. The van der Waals surface area contributed by atoms with E-state index in [1.54, 1.807) is 0 Å². The number of barbiturate groups is 1. The fourth-order valence-corrected chi connectivity index (χ4v) is 4.55. The number of rotatable bonds is 2. The van der Waals surface area contributed by atoms with Gasteiger partial charge < -0.3 is 4.90 Å². The van der Waals surface area contributed by atoms with E-state index in [1.165, 1.54) is 24.3 Å². The second-order valence-electron chi connectivity index (χ2n) is 9.18. The van der Waals surface area contributed by atoms with Gasteiger partial charge in [-0.1, -0.05) is 13.0 Å². The smallest absolute Gasteiger partial charge is 0.335 e. The van der Waals surface area contributed by atoms with E-state index in [0.29, 0.717) is 5.92 Å². The van der Waals surface area contributed by atoms with Gasteiger partial charge >= 0.3 is 6.03 Å². The number of amides is 4. The number of fused-ring (bicyclic) bond motifs is 1. The van der Waals surface area contributed by atoms with Crippen LogP contribution in [0.1, 0.15) is 49.8 Å². The van der Waals surface area contributed by atoms with Crippen LogP contribution < -0.4 is 15.1 Å². The minimum absolute atomic E-state index is 0.0177. The third kappa shape index (κ3) is 3.57. The largest absolute Gasteiger partial charge is 0.369 e. The van der Waals surface area contributed by atoms with Gasteiger partial charge in [-0.2, -0.15) is 0 Å². The van der Waals surface area contributed by atoms with Crippen molar-refractivity contribution >= 4 is 35.3 Å². The van der Waals surface area contributed by atoms with Crippen LogP contribution in [-0.2, 0) is 9.59 Å². The number of hydrogen-bond acceptors (Lipinski definition) is 4. The molecule has 0 spiro atoms.